The van der Waals surface area contributed by atoms with Gasteiger partial charge >= 0.3 is 0 Å². The molecule has 12 nitrogen and oxygen atoms in total. The van der Waals surface area contributed by atoms with Crippen LogP contribution in [0, 0.1) is 0 Å². The third-order valence-electron chi connectivity index (χ3n) is 9.23. The van der Waals surface area contributed by atoms with Crippen molar-refractivity contribution in [3.05, 3.63) is 83.6 Å². The fourth-order valence-electron chi connectivity index (χ4n) is 6.61. The number of benzene rings is 2. The molecular formula is C35H44N2O10S4. The van der Waals surface area contributed by atoms with Crippen molar-refractivity contribution in [2.45, 2.75) is 80.9 Å². The van der Waals surface area contributed by atoms with Crippen molar-refractivity contribution in [2.75, 3.05) is 29.5 Å². The predicted octanol–water partition coefficient (Wildman–Crippen LogP) is 5.74. The number of hydrogen-bond donors (Lipinski definition) is 2. The van der Waals surface area contributed by atoms with E-state index in [4.69, 9.17) is 4.55 Å². The summed E-state index contributed by atoms with van der Waals surface area (Å²) in [6.07, 6.45) is 11.8. The van der Waals surface area contributed by atoms with E-state index in [2.05, 4.69) is 9.48 Å². The van der Waals surface area contributed by atoms with Gasteiger partial charge in [-0.2, -0.15) is 21.4 Å². The predicted molar refractivity (Wildman–Crippen MR) is 198 cm³/mol. The summed E-state index contributed by atoms with van der Waals surface area (Å²) in [4.78, 5) is 13.8. The van der Waals surface area contributed by atoms with Gasteiger partial charge in [0.2, 0.25) is 5.69 Å². The molecule has 2 aliphatic rings. The molecule has 2 heterocycles. The van der Waals surface area contributed by atoms with Crippen molar-refractivity contribution in [3.63, 3.8) is 0 Å². The zero-order valence-corrected chi connectivity index (χ0v) is 32.5. The first-order valence-corrected chi connectivity index (χ1v) is 21.8. The normalized spacial score (nSPS) is 18.0. The summed E-state index contributed by atoms with van der Waals surface area (Å²) in [5.41, 5.74) is 3.75. The molecule has 0 radical (unpaired) electrons. The number of thioether (sulfide) groups is 1. The van der Waals surface area contributed by atoms with Gasteiger partial charge in [-0.1, -0.05) is 43.8 Å². The number of likely N-dealkylation sites (N-methyl/N-ethyl adjacent to an activating group) is 1. The lowest BCUT2D eigenvalue weighted by atomic mass is 9.81. The van der Waals surface area contributed by atoms with E-state index >= 15 is 0 Å². The Hall–Kier alpha value is -3.12. The Bertz CT molecular complexity index is 2150. The number of nitrogens with zero attached hydrogens (tertiary/aromatic N) is 2. The van der Waals surface area contributed by atoms with Crippen molar-refractivity contribution in [1.29, 1.82) is 0 Å². The molecule has 0 spiro atoms. The molecule has 2 aromatic rings. The first kappa shape index (κ1) is 40.6. The van der Waals surface area contributed by atoms with Gasteiger partial charge in [-0.05, 0) is 75.6 Å². The molecule has 0 amide bonds. The van der Waals surface area contributed by atoms with Gasteiger partial charge in [0.1, 0.15) is 16.7 Å². The minimum absolute atomic E-state index is 0.00283. The Morgan fingerprint density at radius 3 is 2.18 bits per heavy atom. The molecule has 2 N–H and O–H groups in total. The van der Waals surface area contributed by atoms with Crippen LogP contribution < -0.4 is 4.90 Å². The van der Waals surface area contributed by atoms with E-state index in [1.807, 2.05) is 65.0 Å². The molecule has 16 heteroatoms. The monoisotopic (exact) mass is 780 g/mol. The van der Waals surface area contributed by atoms with Crippen molar-refractivity contribution in [2.24, 2.45) is 0 Å². The van der Waals surface area contributed by atoms with Crippen LogP contribution in [0.25, 0.3) is 0 Å². The highest BCUT2D eigenvalue weighted by Crippen LogP contribution is 2.48. The Morgan fingerprint density at radius 1 is 0.882 bits per heavy atom. The van der Waals surface area contributed by atoms with E-state index < -0.39 is 46.9 Å². The topological polar surface area (TPSA) is 189 Å². The summed E-state index contributed by atoms with van der Waals surface area (Å²) >= 11 is 0.883. The van der Waals surface area contributed by atoms with Gasteiger partial charge in [-0.15, -0.1) is 0 Å². The van der Waals surface area contributed by atoms with E-state index in [-0.39, 0.29) is 27.1 Å². The molecule has 0 fully saturated rings. The van der Waals surface area contributed by atoms with Crippen LogP contribution in [0.2, 0.25) is 0 Å². The van der Waals surface area contributed by atoms with Crippen molar-refractivity contribution >= 4 is 64.3 Å². The van der Waals surface area contributed by atoms with E-state index in [9.17, 15) is 39.2 Å². The summed E-state index contributed by atoms with van der Waals surface area (Å²) in [6.45, 7) is 11.1. The first-order chi connectivity index (χ1) is 23.6. The van der Waals surface area contributed by atoms with Crippen LogP contribution in [0.1, 0.15) is 71.4 Å². The van der Waals surface area contributed by atoms with Crippen molar-refractivity contribution < 1.29 is 48.3 Å². The van der Waals surface area contributed by atoms with Gasteiger partial charge in [0, 0.05) is 59.6 Å². The summed E-state index contributed by atoms with van der Waals surface area (Å²) in [6, 6.07) is 8.99. The molecule has 2 aromatic carbocycles. The highest BCUT2D eigenvalue weighted by molar-refractivity contribution is 8.14. The smallest absolute Gasteiger partial charge is 0.294 e. The number of fused-ring (bicyclic) bond motifs is 2. The molecule has 0 unspecified atom stereocenters. The van der Waals surface area contributed by atoms with Gasteiger partial charge in [-0.3, -0.25) is 13.9 Å². The standard InChI is InChI=1S/C35H44N2O10S4/c1-6-36-29-18-16-25(50(42,43)44)23-27(29)34(2,3)31(36)13-9-7-10-14-32-35(4,5)28-24-26(51(45,46)47)17-19-30(28)37(32)20-12-8-11-15-33(38)48-21-22-49(39,40)41/h7,9-10,13-14,16-19,23-24H,6,8,11-12,15,20-22H2,1-5H3,(H2-,39,40,41,42,43,44,45,46,47). The lowest BCUT2D eigenvalue weighted by molar-refractivity contribution is -0.438. The molecule has 278 valence electrons. The SMILES string of the molecule is CCN1C(=CC=CC=CC2=[N+](CCCCCC(=O)SCCS(=O)(=O)O)c3ccc(S(=O)(=O)O)cc3C2(C)C)C(C)(C)c2cc(S(=O)(=O)[O-])ccc21. The maximum Gasteiger partial charge on any atom is 0.294 e. The highest BCUT2D eigenvalue weighted by Gasteiger charge is 2.45. The average Bonchev–Trinajstić information content (AvgIpc) is 3.36. The lowest BCUT2D eigenvalue weighted by Gasteiger charge is -2.25. The largest absolute Gasteiger partial charge is 0.744 e. The van der Waals surface area contributed by atoms with E-state index in [0.29, 0.717) is 32.4 Å². The molecule has 0 saturated heterocycles. The molecule has 4 rings (SSSR count). The number of carbonyl (C=O) groups is 1. The van der Waals surface area contributed by atoms with E-state index in [1.165, 1.54) is 24.3 Å². The second kappa shape index (κ2) is 15.5. The minimum atomic E-state index is -4.61. The summed E-state index contributed by atoms with van der Waals surface area (Å²) in [7, 11) is -13.2. The summed E-state index contributed by atoms with van der Waals surface area (Å²) < 4.78 is 102. The number of allylic oxidation sites excluding steroid dienone is 6. The summed E-state index contributed by atoms with van der Waals surface area (Å²) in [5, 5.41) is -0.145. The molecule has 0 aromatic heterocycles. The molecule has 0 saturated carbocycles. The molecular weight excluding hydrogens is 737 g/mol. The maximum atomic E-state index is 12.1. The van der Waals surface area contributed by atoms with Crippen molar-refractivity contribution in [1.82, 2.24) is 0 Å². The highest BCUT2D eigenvalue weighted by atomic mass is 32.2. The Labute approximate surface area is 305 Å². The number of carbonyl (C=O) groups excluding carboxylic acids is 1. The average molecular weight is 781 g/mol. The van der Waals surface area contributed by atoms with Crippen LogP contribution in [0.15, 0.2) is 82.3 Å². The number of unbranched alkanes of at least 4 members (excludes halogenated alkanes) is 2. The Morgan fingerprint density at radius 2 is 1.55 bits per heavy atom. The number of rotatable bonds is 15. The Kier molecular flexibility index (Phi) is 12.3. The van der Waals surface area contributed by atoms with Gasteiger partial charge in [0.05, 0.1) is 21.0 Å². The fourth-order valence-corrected chi connectivity index (χ4v) is 9.31. The second-order valence-corrected chi connectivity index (χ2v) is 19.0. The van der Waals surface area contributed by atoms with Crippen LogP contribution >= 0.6 is 11.8 Å². The van der Waals surface area contributed by atoms with Crippen molar-refractivity contribution in [3.8, 4) is 0 Å². The quantitative estimate of drug-likeness (QED) is 0.0968. The van der Waals surface area contributed by atoms with Gasteiger partial charge in [-0.25, -0.2) is 8.42 Å². The van der Waals surface area contributed by atoms with Gasteiger partial charge in [0.25, 0.3) is 20.2 Å². The van der Waals surface area contributed by atoms with Crippen LogP contribution in [0.5, 0.6) is 0 Å². The van der Waals surface area contributed by atoms with E-state index in [0.717, 1.165) is 45.7 Å². The number of anilines is 1. The fraction of sp³-hybridized carbons (Fsp3) is 0.429. The van der Waals surface area contributed by atoms with Crippen LogP contribution in [-0.4, -0.2) is 78.9 Å². The van der Waals surface area contributed by atoms with Crippen LogP contribution in [0.3, 0.4) is 0 Å². The summed E-state index contributed by atoms with van der Waals surface area (Å²) in [5.74, 6) is -0.481. The molecule has 0 atom stereocenters. The molecule has 51 heavy (non-hydrogen) atoms. The zero-order valence-electron chi connectivity index (χ0n) is 29.2. The molecule has 0 aliphatic carbocycles. The minimum Gasteiger partial charge on any atom is -0.744 e. The maximum absolute atomic E-state index is 12.1. The molecule has 0 bridgehead atoms. The van der Waals surface area contributed by atoms with Gasteiger partial charge in [0.15, 0.2) is 10.8 Å². The zero-order chi connectivity index (χ0) is 38.0. The second-order valence-electron chi connectivity index (χ2n) is 13.4. The van der Waals surface area contributed by atoms with Crippen LogP contribution in [-0.2, 0) is 46.0 Å². The van der Waals surface area contributed by atoms with E-state index in [1.54, 1.807) is 12.1 Å². The molecule has 2 aliphatic heterocycles. The van der Waals surface area contributed by atoms with Gasteiger partial charge < -0.3 is 9.45 Å². The first-order valence-electron chi connectivity index (χ1n) is 16.4. The Balaban J connectivity index is 1.56. The number of hydrogen-bond acceptors (Lipinski definition) is 10. The third-order valence-corrected chi connectivity index (χ3v) is 12.8. The lowest BCUT2D eigenvalue weighted by Crippen LogP contribution is -2.28. The van der Waals surface area contributed by atoms with Crippen LogP contribution in [0.4, 0.5) is 11.4 Å². The third kappa shape index (κ3) is 9.47.